The number of nitriles is 1. The van der Waals surface area contributed by atoms with Crippen molar-refractivity contribution in [1.82, 2.24) is 15.0 Å². The average molecular weight is 436 g/mol. The summed E-state index contributed by atoms with van der Waals surface area (Å²) in [5, 5.41) is 16.2. The first-order chi connectivity index (χ1) is 15.5. The molecule has 2 bridgehead atoms. The third-order valence-corrected chi connectivity index (χ3v) is 7.14. The van der Waals surface area contributed by atoms with Crippen molar-refractivity contribution in [2.45, 2.75) is 58.5 Å². The van der Waals surface area contributed by atoms with E-state index in [-0.39, 0.29) is 0 Å². The molecule has 0 aliphatic heterocycles. The van der Waals surface area contributed by atoms with Crippen molar-refractivity contribution in [3.8, 4) is 11.8 Å². The Balaban J connectivity index is 1.41. The first-order valence-electron chi connectivity index (χ1n) is 11.5. The second-order valence-electron chi connectivity index (χ2n) is 9.21. The summed E-state index contributed by atoms with van der Waals surface area (Å²) in [5.41, 5.74) is 9.76. The first kappa shape index (κ1) is 22.3. The smallest absolute Gasteiger partial charge is 0.225 e. The molecule has 4 rings (SSSR count). The summed E-state index contributed by atoms with van der Waals surface area (Å²) in [7, 11) is 1.67. The predicted molar refractivity (Wildman–Crippen MR) is 124 cm³/mol. The number of methoxy groups -OCH3 is 1. The van der Waals surface area contributed by atoms with E-state index in [1.54, 1.807) is 19.5 Å². The zero-order valence-corrected chi connectivity index (χ0v) is 19.2. The summed E-state index contributed by atoms with van der Waals surface area (Å²) in [6.07, 6.45) is 9.49. The van der Waals surface area contributed by atoms with E-state index in [9.17, 15) is 5.26 Å². The Morgan fingerprint density at radius 2 is 1.91 bits per heavy atom. The van der Waals surface area contributed by atoms with E-state index < -0.39 is 0 Å². The molecule has 1 unspecified atom stereocenters. The van der Waals surface area contributed by atoms with Crippen LogP contribution >= 0.6 is 0 Å². The van der Waals surface area contributed by atoms with E-state index in [0.717, 1.165) is 42.0 Å². The fourth-order valence-corrected chi connectivity index (χ4v) is 5.42. The number of nitrogens with two attached hydrogens (primary N) is 1. The van der Waals surface area contributed by atoms with E-state index in [2.05, 4.69) is 31.7 Å². The lowest BCUT2D eigenvalue weighted by Crippen LogP contribution is -2.47. The van der Waals surface area contributed by atoms with Crippen LogP contribution < -0.4 is 21.1 Å². The fourth-order valence-electron chi connectivity index (χ4n) is 5.42. The molecule has 32 heavy (non-hydrogen) atoms. The Bertz CT molecular complexity index is 989. The Kier molecular flexibility index (Phi) is 6.75. The van der Waals surface area contributed by atoms with Crippen LogP contribution in [0.1, 0.15) is 54.5 Å². The summed E-state index contributed by atoms with van der Waals surface area (Å²) >= 11 is 0. The van der Waals surface area contributed by atoms with Gasteiger partial charge >= 0.3 is 0 Å². The van der Waals surface area contributed by atoms with Gasteiger partial charge in [0, 0.05) is 29.9 Å². The van der Waals surface area contributed by atoms with Gasteiger partial charge in [-0.05, 0) is 57.3 Å². The minimum absolute atomic E-state index is 0.363. The van der Waals surface area contributed by atoms with Crippen LogP contribution in [0.15, 0.2) is 12.4 Å². The molecule has 8 nitrogen and oxygen atoms in total. The lowest BCUT2D eigenvalue weighted by Gasteiger charge is -2.44. The number of hydrogen-bond acceptors (Lipinski definition) is 8. The maximum atomic E-state index is 9.51. The maximum absolute atomic E-state index is 9.51. The molecule has 4 N–H and O–H groups in total. The Morgan fingerprint density at radius 3 is 2.59 bits per heavy atom. The van der Waals surface area contributed by atoms with Crippen LogP contribution in [0.5, 0.6) is 5.75 Å². The highest BCUT2D eigenvalue weighted by atomic mass is 16.5. The fraction of sp³-hybridized carbons (Fsp3) is 0.583. The quantitative estimate of drug-likeness (QED) is 0.604. The van der Waals surface area contributed by atoms with Gasteiger partial charge in [0.2, 0.25) is 5.95 Å². The lowest BCUT2D eigenvalue weighted by molar-refractivity contribution is 0.112. The van der Waals surface area contributed by atoms with Gasteiger partial charge in [0.25, 0.3) is 0 Å². The molecule has 4 atom stereocenters. The van der Waals surface area contributed by atoms with Gasteiger partial charge in [-0.25, -0.2) is 4.98 Å². The minimum Gasteiger partial charge on any atom is -0.496 e. The lowest BCUT2D eigenvalue weighted by atomic mass is 9.65. The van der Waals surface area contributed by atoms with Gasteiger partial charge in [0.15, 0.2) is 0 Å². The number of nitrogens with zero attached hydrogens (tertiary/aromatic N) is 4. The minimum atomic E-state index is 0.363. The average Bonchev–Trinajstić information content (AvgIpc) is 2.78. The largest absolute Gasteiger partial charge is 0.496 e. The zero-order chi connectivity index (χ0) is 22.7. The van der Waals surface area contributed by atoms with Crippen LogP contribution in [0.25, 0.3) is 0 Å². The molecule has 2 aliphatic carbocycles. The van der Waals surface area contributed by atoms with Crippen molar-refractivity contribution in [2.75, 3.05) is 24.3 Å². The molecular formula is C24H33N7O. The molecule has 0 radical (unpaired) electrons. The Hall–Kier alpha value is -2.92. The summed E-state index contributed by atoms with van der Waals surface area (Å²) in [6.45, 7) is 5.25. The predicted octanol–water partition coefficient (Wildman–Crippen LogP) is 3.55. The molecule has 0 amide bonds. The normalized spacial score (nSPS) is 24.5. The highest BCUT2D eigenvalue weighted by molar-refractivity contribution is 5.53. The molecular weight excluding hydrogens is 402 g/mol. The molecule has 2 fully saturated rings. The standard InChI is InChI=1S/C24H33N7O/c1-14-10-27-20(15(2)22(14)32-3)13-30-24-29-12-19(9-25)23(31-24)28-11-16-7-17-5-4-6-18(8-16)21(17)26/h10,12,16-18,21H,4-8,11,13,26H2,1-3H3,(H2,28,29,30,31)/t16?,17-,18+,21-. The zero-order valence-electron chi connectivity index (χ0n) is 19.2. The number of nitrogens with one attached hydrogen (secondary N) is 2. The van der Waals surface area contributed by atoms with Crippen molar-refractivity contribution in [3.05, 3.63) is 34.8 Å². The number of aryl methyl sites for hydroxylation is 1. The van der Waals surface area contributed by atoms with Crippen LogP contribution in [0.4, 0.5) is 11.8 Å². The molecule has 0 aromatic carbocycles. The van der Waals surface area contributed by atoms with Crippen LogP contribution in [-0.2, 0) is 6.54 Å². The topological polar surface area (TPSA) is 122 Å². The molecule has 2 aromatic heterocycles. The van der Waals surface area contributed by atoms with Gasteiger partial charge in [0.1, 0.15) is 23.2 Å². The van der Waals surface area contributed by atoms with Gasteiger partial charge in [0.05, 0.1) is 25.5 Å². The maximum Gasteiger partial charge on any atom is 0.225 e. The van der Waals surface area contributed by atoms with E-state index in [0.29, 0.717) is 47.7 Å². The van der Waals surface area contributed by atoms with E-state index in [4.69, 9.17) is 10.5 Å². The van der Waals surface area contributed by atoms with Gasteiger partial charge in [-0.15, -0.1) is 0 Å². The summed E-state index contributed by atoms with van der Waals surface area (Å²) in [4.78, 5) is 13.4. The number of pyridine rings is 1. The van der Waals surface area contributed by atoms with Crippen molar-refractivity contribution in [2.24, 2.45) is 23.5 Å². The van der Waals surface area contributed by atoms with Crippen LogP contribution in [0, 0.1) is 42.9 Å². The van der Waals surface area contributed by atoms with Crippen molar-refractivity contribution in [3.63, 3.8) is 0 Å². The number of ether oxygens (including phenoxy) is 1. The molecule has 2 saturated carbocycles. The van der Waals surface area contributed by atoms with Gasteiger partial charge < -0.3 is 21.1 Å². The van der Waals surface area contributed by atoms with Crippen LogP contribution in [-0.4, -0.2) is 34.6 Å². The number of anilines is 2. The van der Waals surface area contributed by atoms with Gasteiger partial charge in [-0.3, -0.25) is 4.98 Å². The second-order valence-corrected chi connectivity index (χ2v) is 9.21. The van der Waals surface area contributed by atoms with Crippen molar-refractivity contribution in [1.29, 1.82) is 5.26 Å². The highest BCUT2D eigenvalue weighted by Crippen LogP contribution is 2.41. The number of fused-ring (bicyclic) bond motifs is 2. The molecule has 170 valence electrons. The summed E-state index contributed by atoms with van der Waals surface area (Å²) < 4.78 is 5.49. The molecule has 0 saturated heterocycles. The molecule has 2 aromatic rings. The number of hydrogen-bond donors (Lipinski definition) is 3. The second kappa shape index (κ2) is 9.70. The Labute approximate surface area is 190 Å². The molecule has 0 spiro atoms. The molecule has 8 heteroatoms. The number of aromatic nitrogens is 3. The summed E-state index contributed by atoms with van der Waals surface area (Å²) in [5.74, 6) is 3.72. The monoisotopic (exact) mass is 435 g/mol. The third kappa shape index (κ3) is 4.63. The van der Waals surface area contributed by atoms with E-state index in [1.165, 1.54) is 19.3 Å². The van der Waals surface area contributed by atoms with Gasteiger partial charge in [-0.1, -0.05) is 6.42 Å². The van der Waals surface area contributed by atoms with Crippen molar-refractivity contribution < 1.29 is 4.74 Å². The Morgan fingerprint density at radius 1 is 1.16 bits per heavy atom. The van der Waals surface area contributed by atoms with E-state index in [1.807, 2.05) is 13.8 Å². The van der Waals surface area contributed by atoms with Gasteiger partial charge in [-0.2, -0.15) is 10.2 Å². The van der Waals surface area contributed by atoms with Crippen LogP contribution in [0.3, 0.4) is 0 Å². The van der Waals surface area contributed by atoms with E-state index >= 15 is 0 Å². The van der Waals surface area contributed by atoms with Crippen molar-refractivity contribution >= 4 is 11.8 Å². The third-order valence-electron chi connectivity index (χ3n) is 7.14. The number of rotatable bonds is 7. The SMILES string of the molecule is COc1c(C)cnc(CNc2ncc(C#N)c(NCC3C[C@H]4CCC[C@@H](C3)[C@@H]4N)n2)c1C. The molecule has 2 aliphatic rings. The van der Waals surface area contributed by atoms with Crippen LogP contribution in [0.2, 0.25) is 0 Å². The highest BCUT2D eigenvalue weighted by Gasteiger charge is 2.37. The summed E-state index contributed by atoms with van der Waals surface area (Å²) in [6, 6.07) is 2.56. The molecule has 2 heterocycles. The first-order valence-corrected chi connectivity index (χ1v) is 11.5.